The van der Waals surface area contributed by atoms with Crippen molar-refractivity contribution in [2.75, 3.05) is 53.4 Å². The molecule has 3 nitrogen and oxygen atoms in total. The Labute approximate surface area is 132 Å². The molecule has 0 aromatic heterocycles. The molecule has 0 amide bonds. The van der Waals surface area contributed by atoms with Crippen LogP contribution in [0.3, 0.4) is 0 Å². The number of nitrogens with one attached hydrogen (secondary N) is 1. The average molecular weight is 296 g/mol. The van der Waals surface area contributed by atoms with Crippen molar-refractivity contribution in [2.24, 2.45) is 11.3 Å². The summed E-state index contributed by atoms with van der Waals surface area (Å²) in [5.41, 5.74) is 0.548. The zero-order valence-corrected chi connectivity index (χ0v) is 14.7. The fourth-order valence-electron chi connectivity index (χ4n) is 4.48. The number of hydrogen-bond donors (Lipinski definition) is 1. The lowest BCUT2D eigenvalue weighted by Gasteiger charge is -2.41. The van der Waals surface area contributed by atoms with Gasteiger partial charge in [-0.25, -0.2) is 0 Å². The number of rotatable bonds is 8. The van der Waals surface area contributed by atoms with Crippen molar-refractivity contribution in [2.45, 2.75) is 51.9 Å². The summed E-state index contributed by atoms with van der Waals surface area (Å²) < 4.78 is 0. The second kappa shape index (κ2) is 8.50. The van der Waals surface area contributed by atoms with Gasteiger partial charge in [0.1, 0.15) is 0 Å². The van der Waals surface area contributed by atoms with Gasteiger partial charge in [-0.05, 0) is 64.2 Å². The first-order valence-electron chi connectivity index (χ1n) is 9.21. The summed E-state index contributed by atoms with van der Waals surface area (Å²) in [4.78, 5) is 5.13. The third-order valence-corrected chi connectivity index (χ3v) is 5.51. The zero-order valence-electron chi connectivity index (χ0n) is 14.7. The predicted molar refractivity (Wildman–Crippen MR) is 91.8 cm³/mol. The minimum atomic E-state index is 0.548. The van der Waals surface area contributed by atoms with E-state index < -0.39 is 0 Å². The Bertz CT molecular complexity index is 286. The molecule has 0 radical (unpaired) electrons. The molecule has 21 heavy (non-hydrogen) atoms. The van der Waals surface area contributed by atoms with Gasteiger partial charge in [-0.3, -0.25) is 0 Å². The van der Waals surface area contributed by atoms with Gasteiger partial charge >= 0.3 is 0 Å². The molecule has 0 bridgehead atoms. The minimum absolute atomic E-state index is 0.548. The summed E-state index contributed by atoms with van der Waals surface area (Å²) in [5.74, 6) is 0.893. The summed E-state index contributed by atoms with van der Waals surface area (Å²) >= 11 is 0. The molecule has 0 aromatic rings. The van der Waals surface area contributed by atoms with Gasteiger partial charge in [-0.15, -0.1) is 0 Å². The van der Waals surface area contributed by atoms with E-state index in [0.717, 1.165) is 5.92 Å². The highest BCUT2D eigenvalue weighted by atomic mass is 15.2. The monoisotopic (exact) mass is 295 g/mol. The highest BCUT2D eigenvalue weighted by Crippen LogP contribution is 2.36. The van der Waals surface area contributed by atoms with Crippen LogP contribution in [0.4, 0.5) is 0 Å². The Kier molecular flexibility index (Phi) is 6.97. The Hall–Kier alpha value is -0.120. The van der Waals surface area contributed by atoms with Gasteiger partial charge in [0.05, 0.1) is 0 Å². The minimum Gasteiger partial charge on any atom is -0.316 e. The molecule has 1 aliphatic carbocycles. The van der Waals surface area contributed by atoms with E-state index in [1.54, 1.807) is 0 Å². The van der Waals surface area contributed by atoms with Crippen molar-refractivity contribution in [3.63, 3.8) is 0 Å². The first-order valence-corrected chi connectivity index (χ1v) is 9.21. The Balaban J connectivity index is 1.81. The molecule has 0 spiro atoms. The Morgan fingerprint density at radius 2 is 2.00 bits per heavy atom. The first kappa shape index (κ1) is 17.2. The van der Waals surface area contributed by atoms with Gasteiger partial charge in [0.15, 0.2) is 0 Å². The molecule has 1 N–H and O–H groups in total. The van der Waals surface area contributed by atoms with E-state index in [9.17, 15) is 0 Å². The average Bonchev–Trinajstić information content (AvgIpc) is 2.85. The van der Waals surface area contributed by atoms with E-state index in [1.807, 2.05) is 0 Å². The zero-order chi connectivity index (χ0) is 15.1. The van der Waals surface area contributed by atoms with Crippen LogP contribution in [0.2, 0.25) is 0 Å². The van der Waals surface area contributed by atoms with Crippen LogP contribution < -0.4 is 5.32 Å². The van der Waals surface area contributed by atoms with Gasteiger partial charge in [0, 0.05) is 26.2 Å². The molecule has 1 atom stereocenters. The largest absolute Gasteiger partial charge is 0.316 e. The lowest BCUT2D eigenvalue weighted by molar-refractivity contribution is 0.109. The summed E-state index contributed by atoms with van der Waals surface area (Å²) in [7, 11) is 4.62. The smallest absolute Gasteiger partial charge is 0.00472 e. The molecular formula is C18H37N3. The normalized spacial score (nSPS) is 26.6. The van der Waals surface area contributed by atoms with Crippen LogP contribution in [-0.2, 0) is 0 Å². The quantitative estimate of drug-likeness (QED) is 0.695. The van der Waals surface area contributed by atoms with E-state index in [2.05, 4.69) is 36.1 Å². The van der Waals surface area contributed by atoms with Crippen molar-refractivity contribution in [1.82, 2.24) is 15.1 Å². The third-order valence-electron chi connectivity index (χ3n) is 5.51. The SMILES string of the molecule is CCCNCC1(CN(C)CC2CCN(C)C2)CCCCC1. The maximum Gasteiger partial charge on any atom is 0.00472 e. The van der Waals surface area contributed by atoms with Crippen molar-refractivity contribution in [3.8, 4) is 0 Å². The fraction of sp³-hybridized carbons (Fsp3) is 1.00. The molecule has 2 rings (SSSR count). The van der Waals surface area contributed by atoms with Crippen molar-refractivity contribution in [3.05, 3.63) is 0 Å². The summed E-state index contributed by atoms with van der Waals surface area (Å²) in [6, 6.07) is 0. The molecule has 1 heterocycles. The Morgan fingerprint density at radius 3 is 2.62 bits per heavy atom. The molecule has 1 saturated heterocycles. The fourth-order valence-corrected chi connectivity index (χ4v) is 4.48. The second-order valence-electron chi connectivity index (χ2n) is 7.85. The van der Waals surface area contributed by atoms with Gasteiger partial charge in [0.2, 0.25) is 0 Å². The van der Waals surface area contributed by atoms with E-state index in [4.69, 9.17) is 0 Å². The molecule has 3 heteroatoms. The maximum absolute atomic E-state index is 3.72. The molecule has 1 unspecified atom stereocenters. The van der Waals surface area contributed by atoms with Crippen LogP contribution >= 0.6 is 0 Å². The van der Waals surface area contributed by atoms with Gasteiger partial charge < -0.3 is 15.1 Å². The second-order valence-corrected chi connectivity index (χ2v) is 7.85. The van der Waals surface area contributed by atoms with Crippen molar-refractivity contribution >= 4 is 0 Å². The van der Waals surface area contributed by atoms with E-state index in [0.29, 0.717) is 5.41 Å². The third kappa shape index (κ3) is 5.54. The Morgan fingerprint density at radius 1 is 1.24 bits per heavy atom. The number of hydrogen-bond acceptors (Lipinski definition) is 3. The maximum atomic E-state index is 3.72. The molecule has 2 fully saturated rings. The number of likely N-dealkylation sites (tertiary alicyclic amines) is 1. The lowest BCUT2D eigenvalue weighted by Crippen LogP contribution is -2.45. The molecular weight excluding hydrogens is 258 g/mol. The molecule has 124 valence electrons. The molecule has 1 saturated carbocycles. The summed E-state index contributed by atoms with van der Waals surface area (Å²) in [6.45, 7) is 9.86. The van der Waals surface area contributed by atoms with Crippen molar-refractivity contribution < 1.29 is 0 Å². The van der Waals surface area contributed by atoms with Crippen LogP contribution in [0.5, 0.6) is 0 Å². The standard InChI is InChI=1S/C18H37N3/c1-4-11-19-15-18(9-6-5-7-10-18)16-21(3)14-17-8-12-20(2)13-17/h17,19H,4-16H2,1-3H3. The molecule has 1 aliphatic heterocycles. The van der Waals surface area contributed by atoms with Crippen LogP contribution in [0.1, 0.15) is 51.9 Å². The number of nitrogens with zero attached hydrogens (tertiary/aromatic N) is 2. The summed E-state index contributed by atoms with van der Waals surface area (Å²) in [6.07, 6.45) is 9.83. The van der Waals surface area contributed by atoms with Crippen molar-refractivity contribution in [1.29, 1.82) is 0 Å². The van der Waals surface area contributed by atoms with Gasteiger partial charge in [-0.1, -0.05) is 26.2 Å². The van der Waals surface area contributed by atoms with Crippen LogP contribution in [-0.4, -0.2) is 63.2 Å². The predicted octanol–water partition coefficient (Wildman–Crippen LogP) is 2.82. The first-order chi connectivity index (χ1) is 10.1. The molecule has 2 aliphatic rings. The van der Waals surface area contributed by atoms with Gasteiger partial charge in [0.25, 0.3) is 0 Å². The van der Waals surface area contributed by atoms with E-state index in [1.165, 1.54) is 84.2 Å². The van der Waals surface area contributed by atoms with E-state index in [-0.39, 0.29) is 0 Å². The van der Waals surface area contributed by atoms with Crippen LogP contribution in [0.25, 0.3) is 0 Å². The van der Waals surface area contributed by atoms with Crippen LogP contribution in [0, 0.1) is 11.3 Å². The topological polar surface area (TPSA) is 18.5 Å². The van der Waals surface area contributed by atoms with E-state index >= 15 is 0 Å². The highest BCUT2D eigenvalue weighted by molar-refractivity contribution is 4.88. The van der Waals surface area contributed by atoms with Crippen LogP contribution in [0.15, 0.2) is 0 Å². The molecule has 0 aromatic carbocycles. The lowest BCUT2D eigenvalue weighted by atomic mass is 9.73. The summed E-state index contributed by atoms with van der Waals surface area (Å²) in [5, 5.41) is 3.72. The van der Waals surface area contributed by atoms with Gasteiger partial charge in [-0.2, -0.15) is 0 Å². The highest BCUT2D eigenvalue weighted by Gasteiger charge is 2.33.